The van der Waals surface area contributed by atoms with Crippen LogP contribution in [-0.2, 0) is 11.3 Å². The number of likely N-dealkylation sites (tertiary alicyclic amines) is 1. The molecule has 2 heterocycles. The highest BCUT2D eigenvalue weighted by Crippen LogP contribution is 2.27. The highest BCUT2D eigenvalue weighted by molar-refractivity contribution is 7.10. The van der Waals surface area contributed by atoms with Crippen LogP contribution in [0, 0.1) is 0 Å². The Labute approximate surface area is 111 Å². The van der Waals surface area contributed by atoms with Crippen LogP contribution >= 0.6 is 22.9 Å². The van der Waals surface area contributed by atoms with Gasteiger partial charge in [0.15, 0.2) is 0 Å². The number of thiophene rings is 1. The highest BCUT2D eigenvalue weighted by atomic mass is 35.5. The molecule has 1 aromatic rings. The molecule has 1 aliphatic heterocycles. The first kappa shape index (κ1) is 13.3. The van der Waals surface area contributed by atoms with Crippen molar-refractivity contribution in [1.82, 2.24) is 4.90 Å². The van der Waals surface area contributed by atoms with Gasteiger partial charge in [-0.15, -0.1) is 11.3 Å². The van der Waals surface area contributed by atoms with Crippen LogP contribution in [0.2, 0.25) is 5.02 Å². The van der Waals surface area contributed by atoms with Gasteiger partial charge in [-0.25, -0.2) is 0 Å². The van der Waals surface area contributed by atoms with Gasteiger partial charge in [-0.05, 0) is 24.3 Å². The summed E-state index contributed by atoms with van der Waals surface area (Å²) in [6.07, 6.45) is 1.54. The minimum atomic E-state index is -0.634. The van der Waals surface area contributed by atoms with Crippen LogP contribution in [0.4, 0.5) is 0 Å². The van der Waals surface area contributed by atoms with Gasteiger partial charge in [-0.1, -0.05) is 11.6 Å². The molecule has 0 atom stereocenters. The lowest BCUT2D eigenvalue weighted by Gasteiger charge is -2.37. The van der Waals surface area contributed by atoms with Crippen molar-refractivity contribution >= 4 is 22.9 Å². The third-order valence-corrected chi connectivity index (χ3v) is 4.63. The summed E-state index contributed by atoms with van der Waals surface area (Å²) in [6, 6.07) is 1.94. The van der Waals surface area contributed by atoms with Crippen LogP contribution in [-0.4, -0.2) is 42.4 Å². The van der Waals surface area contributed by atoms with Gasteiger partial charge in [-0.3, -0.25) is 4.90 Å². The zero-order chi connectivity index (χ0) is 12.3. The normalized spacial score (nSPS) is 20.6. The number of halogens is 1. The van der Waals surface area contributed by atoms with Crippen molar-refractivity contribution in [1.29, 1.82) is 0 Å². The molecule has 1 N–H and O–H groups in total. The van der Waals surface area contributed by atoms with E-state index in [1.165, 1.54) is 4.88 Å². The summed E-state index contributed by atoms with van der Waals surface area (Å²) in [4.78, 5) is 3.55. The number of hydrogen-bond acceptors (Lipinski definition) is 4. The van der Waals surface area contributed by atoms with Gasteiger partial charge in [-0.2, -0.15) is 0 Å². The van der Waals surface area contributed by atoms with Crippen LogP contribution in [0.3, 0.4) is 0 Å². The Balaban J connectivity index is 1.85. The Bertz CT molecular complexity index is 361. The molecule has 0 bridgehead atoms. The van der Waals surface area contributed by atoms with E-state index in [0.29, 0.717) is 6.61 Å². The highest BCUT2D eigenvalue weighted by Gasteiger charge is 2.32. The lowest BCUT2D eigenvalue weighted by atomic mass is 9.92. The topological polar surface area (TPSA) is 32.7 Å². The maximum atomic E-state index is 10.2. The Hall–Kier alpha value is -0.130. The Kier molecular flexibility index (Phi) is 4.44. The van der Waals surface area contributed by atoms with E-state index in [2.05, 4.69) is 4.90 Å². The second-order valence-electron chi connectivity index (χ2n) is 4.63. The summed E-state index contributed by atoms with van der Waals surface area (Å²) in [5, 5.41) is 13.1. The van der Waals surface area contributed by atoms with Crippen molar-refractivity contribution < 1.29 is 9.84 Å². The fraction of sp³-hybridized carbons (Fsp3) is 0.667. The third-order valence-electron chi connectivity index (χ3n) is 3.26. The Morgan fingerprint density at radius 1 is 1.53 bits per heavy atom. The molecule has 1 saturated heterocycles. The standard InChI is InChI=1S/C12H18ClNO2S/c1-16-9-12(15)3-5-14(6-4-12)8-11-10(13)2-7-17-11/h2,7,15H,3-6,8-9H2,1H3. The van der Waals surface area contributed by atoms with Gasteiger partial charge in [0.25, 0.3) is 0 Å². The predicted molar refractivity (Wildman–Crippen MR) is 70.7 cm³/mol. The van der Waals surface area contributed by atoms with E-state index in [-0.39, 0.29) is 0 Å². The van der Waals surface area contributed by atoms with Gasteiger partial charge in [0.1, 0.15) is 0 Å². The molecule has 1 aliphatic rings. The fourth-order valence-electron chi connectivity index (χ4n) is 2.18. The molecule has 5 heteroatoms. The van der Waals surface area contributed by atoms with Crippen molar-refractivity contribution in [2.24, 2.45) is 0 Å². The van der Waals surface area contributed by atoms with Gasteiger partial charge in [0.05, 0.1) is 17.2 Å². The van der Waals surface area contributed by atoms with Crippen LogP contribution < -0.4 is 0 Å². The molecule has 1 aromatic heterocycles. The van der Waals surface area contributed by atoms with E-state index in [1.54, 1.807) is 18.4 Å². The lowest BCUT2D eigenvalue weighted by molar-refractivity contribution is -0.0717. The largest absolute Gasteiger partial charge is 0.387 e. The maximum absolute atomic E-state index is 10.2. The average Bonchev–Trinajstić information content (AvgIpc) is 2.68. The first-order chi connectivity index (χ1) is 8.13. The van der Waals surface area contributed by atoms with Gasteiger partial charge >= 0.3 is 0 Å². The molecule has 0 spiro atoms. The number of rotatable bonds is 4. The van der Waals surface area contributed by atoms with Gasteiger partial charge in [0, 0.05) is 31.6 Å². The summed E-state index contributed by atoms with van der Waals surface area (Å²) < 4.78 is 5.06. The number of piperidine rings is 1. The minimum Gasteiger partial charge on any atom is -0.387 e. The van der Waals surface area contributed by atoms with E-state index in [0.717, 1.165) is 37.5 Å². The van der Waals surface area contributed by atoms with Gasteiger partial charge in [0.2, 0.25) is 0 Å². The fourth-order valence-corrected chi connectivity index (χ4v) is 3.32. The summed E-state index contributed by atoms with van der Waals surface area (Å²) in [5.74, 6) is 0. The molecule has 0 unspecified atom stereocenters. The molecule has 3 nitrogen and oxygen atoms in total. The molecule has 0 amide bonds. The smallest absolute Gasteiger partial charge is 0.0904 e. The zero-order valence-electron chi connectivity index (χ0n) is 9.99. The van der Waals surface area contributed by atoms with E-state index in [4.69, 9.17) is 16.3 Å². The first-order valence-corrected chi connectivity index (χ1v) is 7.04. The Morgan fingerprint density at radius 3 is 2.76 bits per heavy atom. The summed E-state index contributed by atoms with van der Waals surface area (Å²) in [7, 11) is 1.63. The lowest BCUT2D eigenvalue weighted by Crippen LogP contribution is -2.46. The van der Waals surface area contributed by atoms with Crippen molar-refractivity contribution in [2.75, 3.05) is 26.8 Å². The molecular formula is C12H18ClNO2S. The van der Waals surface area contributed by atoms with Crippen LogP contribution in [0.5, 0.6) is 0 Å². The number of nitrogens with zero attached hydrogens (tertiary/aromatic N) is 1. The van der Waals surface area contributed by atoms with Crippen molar-refractivity contribution in [3.05, 3.63) is 21.3 Å². The molecule has 0 aromatic carbocycles. The number of hydrogen-bond donors (Lipinski definition) is 1. The second kappa shape index (κ2) is 5.67. The Morgan fingerprint density at radius 2 is 2.24 bits per heavy atom. The molecular weight excluding hydrogens is 258 g/mol. The monoisotopic (exact) mass is 275 g/mol. The number of methoxy groups -OCH3 is 1. The molecule has 2 rings (SSSR count). The van der Waals surface area contributed by atoms with E-state index < -0.39 is 5.60 Å². The first-order valence-electron chi connectivity index (χ1n) is 5.78. The molecule has 0 aliphatic carbocycles. The van der Waals surface area contributed by atoms with E-state index in [9.17, 15) is 5.11 Å². The van der Waals surface area contributed by atoms with Gasteiger partial charge < -0.3 is 9.84 Å². The van der Waals surface area contributed by atoms with Crippen LogP contribution in [0.1, 0.15) is 17.7 Å². The van der Waals surface area contributed by atoms with Crippen LogP contribution in [0.25, 0.3) is 0 Å². The zero-order valence-corrected chi connectivity index (χ0v) is 11.6. The van der Waals surface area contributed by atoms with Crippen molar-refractivity contribution in [2.45, 2.75) is 25.0 Å². The summed E-state index contributed by atoms with van der Waals surface area (Å²) in [5.41, 5.74) is -0.634. The van der Waals surface area contributed by atoms with Crippen LogP contribution in [0.15, 0.2) is 11.4 Å². The minimum absolute atomic E-state index is 0.431. The predicted octanol–water partition coefficient (Wildman–Crippen LogP) is 2.37. The third kappa shape index (κ3) is 3.42. The van der Waals surface area contributed by atoms with Crippen molar-refractivity contribution in [3.8, 4) is 0 Å². The molecule has 17 heavy (non-hydrogen) atoms. The average molecular weight is 276 g/mol. The van der Waals surface area contributed by atoms with E-state index >= 15 is 0 Å². The molecule has 1 fully saturated rings. The summed E-state index contributed by atoms with van der Waals surface area (Å²) >= 11 is 7.77. The number of ether oxygens (including phenoxy) is 1. The van der Waals surface area contributed by atoms with Crippen molar-refractivity contribution in [3.63, 3.8) is 0 Å². The summed E-state index contributed by atoms with van der Waals surface area (Å²) in [6.45, 7) is 3.11. The number of aliphatic hydroxyl groups is 1. The molecule has 96 valence electrons. The second-order valence-corrected chi connectivity index (χ2v) is 6.03. The van der Waals surface area contributed by atoms with E-state index in [1.807, 2.05) is 11.4 Å². The quantitative estimate of drug-likeness (QED) is 0.916. The SMILES string of the molecule is COCC1(O)CCN(Cc2sccc2Cl)CC1. The molecule has 0 radical (unpaired) electrons. The molecule has 0 saturated carbocycles. The maximum Gasteiger partial charge on any atom is 0.0904 e.